The number of nitrogens with one attached hydrogen (secondary N) is 1. The van der Waals surface area contributed by atoms with Gasteiger partial charge in [-0.1, -0.05) is 0 Å². The molecule has 11 heteroatoms. The zero-order chi connectivity index (χ0) is 21.0. The van der Waals surface area contributed by atoms with Crippen molar-refractivity contribution in [3.63, 3.8) is 0 Å². The molecule has 0 spiro atoms. The van der Waals surface area contributed by atoms with E-state index in [2.05, 4.69) is 10.2 Å². The fourth-order valence-electron chi connectivity index (χ4n) is 3.04. The van der Waals surface area contributed by atoms with E-state index in [4.69, 9.17) is 17.0 Å². The van der Waals surface area contributed by atoms with E-state index in [1.54, 1.807) is 18.2 Å². The van der Waals surface area contributed by atoms with Gasteiger partial charge in [-0.3, -0.25) is 20.2 Å². The Balaban J connectivity index is 1.60. The van der Waals surface area contributed by atoms with Gasteiger partial charge >= 0.3 is 0 Å². The molecule has 1 N–H and O–H groups in total. The molecule has 1 saturated heterocycles. The molecule has 0 unspecified atom stereocenters. The van der Waals surface area contributed by atoms with E-state index in [1.807, 2.05) is 4.90 Å². The first-order valence-electron chi connectivity index (χ1n) is 8.77. The summed E-state index contributed by atoms with van der Waals surface area (Å²) in [7, 11) is 1.44. The molecule has 10 nitrogen and oxygen atoms in total. The lowest BCUT2D eigenvalue weighted by Crippen LogP contribution is -2.50. The fraction of sp³-hybridized carbons (Fsp3) is 0.278. The predicted molar refractivity (Wildman–Crippen MR) is 113 cm³/mol. The molecular formula is C18H19N5O5S. The smallest absolute Gasteiger partial charge is 0.273 e. The van der Waals surface area contributed by atoms with Crippen molar-refractivity contribution in [1.29, 1.82) is 0 Å². The highest BCUT2D eigenvalue weighted by molar-refractivity contribution is 7.80. The van der Waals surface area contributed by atoms with Crippen LogP contribution in [0.15, 0.2) is 42.5 Å². The molecule has 1 aliphatic heterocycles. The molecule has 0 amide bonds. The summed E-state index contributed by atoms with van der Waals surface area (Å²) >= 11 is 5.48. The van der Waals surface area contributed by atoms with Crippen molar-refractivity contribution in [1.82, 2.24) is 4.90 Å². The fourth-order valence-corrected chi connectivity index (χ4v) is 3.34. The van der Waals surface area contributed by atoms with Crippen LogP contribution in [0.1, 0.15) is 0 Å². The number of benzene rings is 2. The predicted octanol–water partition coefficient (Wildman–Crippen LogP) is 3.03. The minimum absolute atomic E-state index is 0.0602. The lowest BCUT2D eigenvalue weighted by molar-refractivity contribution is -0.385. The second-order valence-corrected chi connectivity index (χ2v) is 6.71. The maximum atomic E-state index is 10.9. The maximum absolute atomic E-state index is 10.9. The number of methoxy groups -OCH3 is 1. The minimum atomic E-state index is -0.484. The van der Waals surface area contributed by atoms with Crippen molar-refractivity contribution in [2.24, 2.45) is 0 Å². The number of ether oxygens (including phenoxy) is 1. The van der Waals surface area contributed by atoms with Crippen LogP contribution in [-0.2, 0) is 0 Å². The van der Waals surface area contributed by atoms with Crippen molar-refractivity contribution in [2.45, 2.75) is 0 Å². The Kier molecular flexibility index (Phi) is 6.07. The Morgan fingerprint density at radius 2 is 1.59 bits per heavy atom. The largest absolute Gasteiger partial charge is 0.494 e. The Bertz CT molecular complexity index is 929. The number of hydrogen-bond acceptors (Lipinski definition) is 7. The molecule has 2 aromatic rings. The first-order valence-corrected chi connectivity index (χ1v) is 9.17. The first-order chi connectivity index (χ1) is 13.9. The molecule has 0 aromatic heterocycles. The topological polar surface area (TPSA) is 114 Å². The lowest BCUT2D eigenvalue weighted by atomic mass is 10.2. The number of hydrogen-bond donors (Lipinski definition) is 1. The van der Waals surface area contributed by atoms with Crippen LogP contribution in [0.2, 0.25) is 0 Å². The van der Waals surface area contributed by atoms with Crippen molar-refractivity contribution >= 4 is 40.1 Å². The SMILES string of the molecule is COc1cc([N+](=O)[O-])ccc1NC(=S)N1CCN(c2ccc([N+](=O)[O-])cc2)CC1. The van der Waals surface area contributed by atoms with Gasteiger partial charge in [-0.25, -0.2) is 0 Å². The van der Waals surface area contributed by atoms with E-state index < -0.39 is 9.85 Å². The van der Waals surface area contributed by atoms with Crippen LogP contribution in [0, 0.1) is 20.2 Å². The van der Waals surface area contributed by atoms with Gasteiger partial charge in [0, 0.05) is 50.1 Å². The molecule has 0 radical (unpaired) electrons. The highest BCUT2D eigenvalue weighted by Crippen LogP contribution is 2.29. The number of piperazine rings is 1. The van der Waals surface area contributed by atoms with Crippen LogP contribution >= 0.6 is 12.2 Å². The van der Waals surface area contributed by atoms with E-state index in [0.29, 0.717) is 42.7 Å². The summed E-state index contributed by atoms with van der Waals surface area (Å²) in [6, 6.07) is 10.8. The number of rotatable bonds is 5. The zero-order valence-electron chi connectivity index (χ0n) is 15.6. The summed E-state index contributed by atoms with van der Waals surface area (Å²) in [6.45, 7) is 2.74. The summed E-state index contributed by atoms with van der Waals surface area (Å²) in [6.07, 6.45) is 0. The number of anilines is 2. The van der Waals surface area contributed by atoms with E-state index in [0.717, 1.165) is 5.69 Å². The number of nitro groups is 2. The molecule has 0 atom stereocenters. The van der Waals surface area contributed by atoms with E-state index in [9.17, 15) is 20.2 Å². The Morgan fingerprint density at radius 3 is 2.14 bits per heavy atom. The van der Waals surface area contributed by atoms with Crippen LogP contribution in [0.3, 0.4) is 0 Å². The molecule has 0 bridgehead atoms. The summed E-state index contributed by atoms with van der Waals surface area (Å²) in [5, 5.41) is 25.3. The monoisotopic (exact) mass is 417 g/mol. The van der Waals surface area contributed by atoms with Crippen molar-refractivity contribution < 1.29 is 14.6 Å². The molecule has 29 heavy (non-hydrogen) atoms. The molecular weight excluding hydrogens is 398 g/mol. The summed E-state index contributed by atoms with van der Waals surface area (Å²) in [5.74, 6) is 0.339. The molecule has 152 valence electrons. The van der Waals surface area contributed by atoms with Crippen molar-refractivity contribution in [3.05, 3.63) is 62.7 Å². The standard InChI is InChI=1S/C18H19N5O5S/c1-28-17-12-15(23(26)27)6-7-16(17)19-18(29)21-10-8-20(9-11-21)13-2-4-14(5-3-13)22(24)25/h2-7,12H,8-11H2,1H3,(H,19,29). The average molecular weight is 417 g/mol. The molecule has 2 aromatic carbocycles. The minimum Gasteiger partial charge on any atom is -0.494 e. The quantitative estimate of drug-likeness (QED) is 0.445. The van der Waals surface area contributed by atoms with Gasteiger partial charge in [0.25, 0.3) is 11.4 Å². The molecule has 1 fully saturated rings. The molecule has 1 aliphatic rings. The maximum Gasteiger partial charge on any atom is 0.273 e. The Hall–Kier alpha value is -3.47. The van der Waals surface area contributed by atoms with Gasteiger partial charge in [-0.15, -0.1) is 0 Å². The van der Waals surface area contributed by atoms with Crippen LogP contribution in [0.5, 0.6) is 5.75 Å². The summed E-state index contributed by atoms with van der Waals surface area (Å²) in [5.41, 5.74) is 1.48. The third kappa shape index (κ3) is 4.69. The van der Waals surface area contributed by atoms with E-state index in [1.165, 1.54) is 31.4 Å². The van der Waals surface area contributed by atoms with Gasteiger partial charge in [0.05, 0.1) is 28.7 Å². The van der Waals surface area contributed by atoms with E-state index >= 15 is 0 Å². The lowest BCUT2D eigenvalue weighted by Gasteiger charge is -2.37. The van der Waals surface area contributed by atoms with Gasteiger partial charge in [0.2, 0.25) is 0 Å². The van der Waals surface area contributed by atoms with E-state index in [-0.39, 0.29) is 11.4 Å². The second-order valence-electron chi connectivity index (χ2n) is 6.32. The molecule has 0 aliphatic carbocycles. The number of non-ortho nitro benzene ring substituents is 2. The van der Waals surface area contributed by atoms with Gasteiger partial charge in [0.15, 0.2) is 5.11 Å². The summed E-state index contributed by atoms with van der Waals surface area (Å²) in [4.78, 5) is 24.9. The van der Waals surface area contributed by atoms with Crippen molar-refractivity contribution in [3.8, 4) is 5.75 Å². The third-order valence-corrected chi connectivity index (χ3v) is 4.99. The van der Waals surface area contributed by atoms with Crippen molar-refractivity contribution in [2.75, 3.05) is 43.5 Å². The van der Waals surface area contributed by atoms with Gasteiger partial charge in [-0.2, -0.15) is 0 Å². The normalized spacial score (nSPS) is 13.7. The molecule has 3 rings (SSSR count). The molecule has 1 heterocycles. The molecule has 0 saturated carbocycles. The Labute approximate surface area is 172 Å². The van der Waals surface area contributed by atoms with Gasteiger partial charge in [0.1, 0.15) is 5.75 Å². The van der Waals surface area contributed by atoms with Gasteiger partial charge < -0.3 is 19.9 Å². The van der Waals surface area contributed by atoms with Crippen LogP contribution in [0.4, 0.5) is 22.7 Å². The Morgan fingerprint density at radius 1 is 1.00 bits per heavy atom. The summed E-state index contributed by atoms with van der Waals surface area (Å²) < 4.78 is 5.22. The number of nitrogens with zero attached hydrogens (tertiary/aromatic N) is 4. The highest BCUT2D eigenvalue weighted by atomic mass is 32.1. The number of nitro benzene ring substituents is 2. The van der Waals surface area contributed by atoms with Gasteiger partial charge in [-0.05, 0) is 30.4 Å². The van der Waals surface area contributed by atoms with Crippen LogP contribution in [-0.4, -0.2) is 53.1 Å². The number of thiocarbonyl (C=S) groups is 1. The second kappa shape index (κ2) is 8.69. The van der Waals surface area contributed by atoms with Crippen LogP contribution in [0.25, 0.3) is 0 Å². The average Bonchev–Trinajstić information content (AvgIpc) is 2.74. The third-order valence-electron chi connectivity index (χ3n) is 4.63. The van der Waals surface area contributed by atoms with Crippen LogP contribution < -0.4 is 15.0 Å². The zero-order valence-corrected chi connectivity index (χ0v) is 16.4. The first kappa shape index (κ1) is 20.3. The highest BCUT2D eigenvalue weighted by Gasteiger charge is 2.21.